The molecule has 202 valence electrons. The second kappa shape index (κ2) is 25.2. The number of carbonyl (C=O) groups excluding carboxylic acids is 2. The molecule has 0 aliphatic rings. The predicted molar refractivity (Wildman–Crippen MR) is 142 cm³/mol. The van der Waals surface area contributed by atoms with Gasteiger partial charge in [0.25, 0.3) is 0 Å². The van der Waals surface area contributed by atoms with Crippen LogP contribution in [0.4, 0.5) is 4.79 Å². The van der Waals surface area contributed by atoms with Gasteiger partial charge in [-0.3, -0.25) is 4.79 Å². The van der Waals surface area contributed by atoms with E-state index in [0.29, 0.717) is 18.5 Å². The quantitative estimate of drug-likeness (QED) is 0.103. The topological polar surface area (TPSA) is 99.9 Å². The van der Waals surface area contributed by atoms with Crippen molar-refractivity contribution in [1.82, 2.24) is 5.32 Å². The third-order valence-corrected chi connectivity index (χ3v) is 6.36. The van der Waals surface area contributed by atoms with Crippen LogP contribution in [0.3, 0.4) is 0 Å². The van der Waals surface area contributed by atoms with E-state index in [0.717, 1.165) is 12.8 Å². The molecule has 0 aromatic heterocycles. The van der Waals surface area contributed by atoms with Crippen LogP contribution < -0.4 is 11.1 Å². The first-order chi connectivity index (χ1) is 16.6. The molecule has 0 heterocycles. The van der Waals surface area contributed by atoms with Crippen molar-refractivity contribution in [3.8, 4) is 0 Å². The van der Waals surface area contributed by atoms with Crippen molar-refractivity contribution in [2.75, 3.05) is 32.2 Å². The lowest BCUT2D eigenvalue weighted by atomic mass is 10.0. The van der Waals surface area contributed by atoms with Crippen LogP contribution in [0.1, 0.15) is 110 Å². The fourth-order valence-electron chi connectivity index (χ4n) is 3.87. The normalized spacial score (nSPS) is 12.9. The molecule has 7 nitrogen and oxygen atoms in total. The fraction of sp³-hybridized carbons (Fsp3) is 0.923. The number of primary amides is 1. The first-order valence-electron chi connectivity index (χ1n) is 13.5. The number of ether oxygens (including phenoxy) is 3. The molecule has 0 saturated heterocycles. The minimum atomic E-state index is -0.940. The van der Waals surface area contributed by atoms with E-state index in [1.165, 1.54) is 97.0 Å². The van der Waals surface area contributed by atoms with Gasteiger partial charge in [0.1, 0.15) is 12.7 Å². The van der Waals surface area contributed by atoms with Gasteiger partial charge in [0.2, 0.25) is 5.91 Å². The Hall–Kier alpha value is -0.860. The molecular formula is C26H51BrN2O5. The fourth-order valence-corrected chi connectivity index (χ4v) is 4.07. The van der Waals surface area contributed by atoms with Gasteiger partial charge < -0.3 is 25.3 Å². The Morgan fingerprint density at radius 2 is 1.29 bits per heavy atom. The smallest absolute Gasteiger partial charge is 0.407 e. The number of halogens is 1. The number of alkyl halides is 1. The second-order valence-electron chi connectivity index (χ2n) is 8.99. The maximum Gasteiger partial charge on any atom is 0.407 e. The summed E-state index contributed by atoms with van der Waals surface area (Å²) in [7, 11) is 1.44. The zero-order valence-corrected chi connectivity index (χ0v) is 23.4. The van der Waals surface area contributed by atoms with Crippen LogP contribution in [0.15, 0.2) is 0 Å². The molecule has 0 aromatic carbocycles. The average Bonchev–Trinajstić information content (AvgIpc) is 2.83. The van der Waals surface area contributed by atoms with Crippen molar-refractivity contribution in [2.24, 2.45) is 5.73 Å². The number of nitrogens with two attached hydrogens (primary N) is 1. The van der Waals surface area contributed by atoms with Crippen molar-refractivity contribution in [1.29, 1.82) is 0 Å². The van der Waals surface area contributed by atoms with E-state index in [-0.39, 0.29) is 6.61 Å². The van der Waals surface area contributed by atoms with Gasteiger partial charge >= 0.3 is 6.09 Å². The molecule has 2 amide bonds. The maximum atomic E-state index is 11.8. The predicted octanol–water partition coefficient (Wildman–Crippen LogP) is 6.25. The molecule has 0 bridgehead atoms. The Morgan fingerprint density at radius 1 is 0.824 bits per heavy atom. The molecule has 0 saturated carbocycles. The van der Waals surface area contributed by atoms with Gasteiger partial charge in [0.15, 0.2) is 6.10 Å². The minimum Gasteiger partial charge on any atom is -0.447 e. The van der Waals surface area contributed by atoms with Gasteiger partial charge in [-0.15, -0.1) is 0 Å². The van der Waals surface area contributed by atoms with Gasteiger partial charge in [-0.1, -0.05) is 119 Å². The summed E-state index contributed by atoms with van der Waals surface area (Å²) in [4.78, 5) is 23.3. The summed E-state index contributed by atoms with van der Waals surface area (Å²) < 4.78 is 16.0. The highest BCUT2D eigenvalue weighted by molar-refractivity contribution is 9.09. The van der Waals surface area contributed by atoms with Gasteiger partial charge in [-0.25, -0.2) is 4.79 Å². The van der Waals surface area contributed by atoms with E-state index in [1.54, 1.807) is 0 Å². The van der Waals surface area contributed by atoms with Crippen LogP contribution in [0.2, 0.25) is 0 Å². The number of rotatable bonds is 25. The minimum absolute atomic E-state index is 0.100. The first-order valence-corrected chi connectivity index (χ1v) is 14.6. The molecular weight excluding hydrogens is 500 g/mol. The van der Waals surface area contributed by atoms with Crippen LogP contribution in [0.25, 0.3) is 0 Å². The monoisotopic (exact) mass is 550 g/mol. The number of amides is 2. The number of hydrogen-bond acceptors (Lipinski definition) is 5. The highest BCUT2D eigenvalue weighted by Crippen LogP contribution is 2.14. The van der Waals surface area contributed by atoms with Gasteiger partial charge in [-0.05, 0) is 6.42 Å². The van der Waals surface area contributed by atoms with Crippen LogP contribution >= 0.6 is 15.9 Å². The lowest BCUT2D eigenvalue weighted by molar-refractivity contribution is -0.142. The van der Waals surface area contributed by atoms with Crippen molar-refractivity contribution >= 4 is 27.9 Å². The molecule has 8 heteroatoms. The van der Waals surface area contributed by atoms with Crippen molar-refractivity contribution in [3.05, 3.63) is 0 Å². The Bertz CT molecular complexity index is 482. The summed E-state index contributed by atoms with van der Waals surface area (Å²) in [6.45, 7) is 3.05. The molecule has 0 aliphatic heterocycles. The van der Waals surface area contributed by atoms with E-state index in [1.807, 2.05) is 0 Å². The zero-order chi connectivity index (χ0) is 25.3. The third kappa shape index (κ3) is 20.5. The summed E-state index contributed by atoms with van der Waals surface area (Å²) >= 11 is 3.22. The summed E-state index contributed by atoms with van der Waals surface area (Å²) in [6.07, 6.45) is 18.6. The van der Waals surface area contributed by atoms with E-state index in [9.17, 15) is 9.59 Å². The highest BCUT2D eigenvalue weighted by atomic mass is 79.9. The summed E-state index contributed by atoms with van der Waals surface area (Å²) in [5.41, 5.74) is 5.47. The first kappa shape index (κ1) is 33.1. The molecule has 0 rings (SSSR count). The standard InChI is InChI=1S/C26H51BrN2O5/c1-3-4-5-6-7-8-9-10-11-12-13-14-15-16-17-18-21-33-24(25(28)30)23(32-2)22-34-26(31)29-20-19-27/h23-24H,3-22H2,1-2H3,(H2,28,30)(H,29,31). The molecule has 2 unspecified atom stereocenters. The van der Waals surface area contributed by atoms with Gasteiger partial charge in [0, 0.05) is 25.6 Å². The Morgan fingerprint density at radius 3 is 1.71 bits per heavy atom. The second-order valence-corrected chi connectivity index (χ2v) is 9.78. The molecule has 2 atom stereocenters. The van der Waals surface area contributed by atoms with Crippen LogP contribution in [-0.4, -0.2) is 56.4 Å². The summed E-state index contributed by atoms with van der Waals surface area (Å²) in [6, 6.07) is 0. The van der Waals surface area contributed by atoms with Crippen molar-refractivity contribution in [3.63, 3.8) is 0 Å². The highest BCUT2D eigenvalue weighted by Gasteiger charge is 2.28. The molecule has 0 fully saturated rings. The maximum absolute atomic E-state index is 11.8. The Balaban J connectivity index is 3.68. The lowest BCUT2D eigenvalue weighted by Gasteiger charge is -2.23. The summed E-state index contributed by atoms with van der Waals surface area (Å²) in [5.74, 6) is -0.618. The van der Waals surface area contributed by atoms with Crippen molar-refractivity contribution < 1.29 is 23.8 Å². The van der Waals surface area contributed by atoms with Crippen LogP contribution in [0, 0.1) is 0 Å². The van der Waals surface area contributed by atoms with E-state index in [2.05, 4.69) is 28.2 Å². The van der Waals surface area contributed by atoms with Gasteiger partial charge in [0.05, 0.1) is 0 Å². The Labute approximate surface area is 216 Å². The number of alkyl carbamates (subject to hydrolysis) is 1. The van der Waals surface area contributed by atoms with E-state index >= 15 is 0 Å². The zero-order valence-electron chi connectivity index (χ0n) is 21.8. The number of unbranched alkanes of at least 4 members (excludes halogenated alkanes) is 15. The molecule has 0 radical (unpaired) electrons. The molecule has 0 spiro atoms. The Kier molecular flexibility index (Phi) is 24.6. The molecule has 34 heavy (non-hydrogen) atoms. The third-order valence-electron chi connectivity index (χ3n) is 5.96. The van der Waals surface area contributed by atoms with Crippen molar-refractivity contribution in [2.45, 2.75) is 122 Å². The largest absolute Gasteiger partial charge is 0.447 e. The average molecular weight is 552 g/mol. The van der Waals surface area contributed by atoms with E-state index < -0.39 is 24.2 Å². The van der Waals surface area contributed by atoms with Crippen LogP contribution in [0.5, 0.6) is 0 Å². The summed E-state index contributed by atoms with van der Waals surface area (Å²) in [5, 5.41) is 3.19. The lowest BCUT2D eigenvalue weighted by Crippen LogP contribution is -2.45. The van der Waals surface area contributed by atoms with Crippen LogP contribution in [-0.2, 0) is 19.0 Å². The molecule has 0 aromatic rings. The number of hydrogen-bond donors (Lipinski definition) is 2. The SMILES string of the molecule is CCCCCCCCCCCCCCCCCCOC(C(N)=O)C(COC(=O)NCCBr)OC. The molecule has 3 N–H and O–H groups in total. The molecule has 0 aliphatic carbocycles. The number of nitrogens with one attached hydrogen (secondary N) is 1. The van der Waals surface area contributed by atoms with E-state index in [4.69, 9.17) is 19.9 Å². The number of carbonyl (C=O) groups is 2. The number of methoxy groups -OCH3 is 1. The van der Waals surface area contributed by atoms with Gasteiger partial charge in [-0.2, -0.15) is 0 Å².